The number of unbranched alkanes of at least 4 members (excludes halogenated alkanes) is 1. The van der Waals surface area contributed by atoms with Gasteiger partial charge in [0.1, 0.15) is 10.6 Å². The SMILES string of the molecule is CCCCN1C(=O)c2ccc(C(=O)Nc3ccc(OC)c(S(=O)(=O)N4CCCCC4)c3)cc2C1=O. The Hall–Kier alpha value is -3.24. The number of amides is 3. The molecule has 186 valence electrons. The van der Waals surface area contributed by atoms with E-state index in [0.717, 1.165) is 25.7 Å². The number of rotatable bonds is 8. The molecule has 4 rings (SSSR count). The van der Waals surface area contributed by atoms with Crippen LogP contribution in [-0.4, -0.2) is 62.1 Å². The number of piperidine rings is 1. The quantitative estimate of drug-likeness (QED) is 0.556. The van der Waals surface area contributed by atoms with Gasteiger partial charge in [-0.25, -0.2) is 8.42 Å². The summed E-state index contributed by atoms with van der Waals surface area (Å²) in [5, 5.41) is 2.70. The van der Waals surface area contributed by atoms with Crippen LogP contribution in [0.5, 0.6) is 5.75 Å². The highest BCUT2D eigenvalue weighted by Gasteiger charge is 2.35. The number of fused-ring (bicyclic) bond motifs is 1. The number of anilines is 1. The number of carbonyl (C=O) groups is 3. The second-order valence-electron chi connectivity index (χ2n) is 8.66. The number of carbonyl (C=O) groups excluding carboxylic acids is 3. The maximum atomic E-state index is 13.2. The van der Waals surface area contributed by atoms with E-state index >= 15 is 0 Å². The maximum absolute atomic E-state index is 13.2. The van der Waals surface area contributed by atoms with Gasteiger partial charge in [-0.2, -0.15) is 4.31 Å². The molecule has 2 aliphatic rings. The first-order chi connectivity index (χ1) is 16.8. The topological polar surface area (TPSA) is 113 Å². The van der Waals surface area contributed by atoms with Gasteiger partial charge in [-0.15, -0.1) is 0 Å². The summed E-state index contributed by atoms with van der Waals surface area (Å²) in [7, 11) is -2.40. The Morgan fingerprint density at radius 2 is 1.71 bits per heavy atom. The molecule has 1 saturated heterocycles. The van der Waals surface area contributed by atoms with Gasteiger partial charge in [-0.3, -0.25) is 19.3 Å². The first kappa shape index (κ1) is 24.9. The van der Waals surface area contributed by atoms with E-state index in [0.29, 0.717) is 26.1 Å². The van der Waals surface area contributed by atoms with E-state index in [1.807, 2.05) is 6.92 Å². The first-order valence-corrected chi connectivity index (χ1v) is 13.2. The molecule has 2 aromatic rings. The molecule has 2 heterocycles. The summed E-state index contributed by atoms with van der Waals surface area (Å²) in [6, 6.07) is 8.82. The molecule has 0 spiro atoms. The van der Waals surface area contributed by atoms with E-state index in [1.54, 1.807) is 6.07 Å². The second-order valence-corrected chi connectivity index (χ2v) is 10.6. The molecule has 2 aliphatic heterocycles. The normalized spacial score (nSPS) is 16.3. The van der Waals surface area contributed by atoms with Gasteiger partial charge in [0.2, 0.25) is 10.0 Å². The minimum absolute atomic E-state index is 0.0130. The van der Waals surface area contributed by atoms with Crippen molar-refractivity contribution in [3.8, 4) is 5.75 Å². The molecule has 2 aromatic carbocycles. The van der Waals surface area contributed by atoms with Crippen LogP contribution in [0.15, 0.2) is 41.3 Å². The molecule has 3 amide bonds. The van der Waals surface area contributed by atoms with Crippen molar-refractivity contribution < 1.29 is 27.5 Å². The number of hydrogen-bond donors (Lipinski definition) is 1. The van der Waals surface area contributed by atoms with Crippen LogP contribution in [0.3, 0.4) is 0 Å². The van der Waals surface area contributed by atoms with Gasteiger partial charge in [0.05, 0.1) is 18.2 Å². The average molecular weight is 500 g/mol. The molecule has 0 bridgehead atoms. The predicted molar refractivity (Wildman–Crippen MR) is 130 cm³/mol. The van der Waals surface area contributed by atoms with Crippen LogP contribution in [0.1, 0.15) is 70.1 Å². The van der Waals surface area contributed by atoms with E-state index in [-0.39, 0.29) is 38.9 Å². The number of sulfonamides is 1. The van der Waals surface area contributed by atoms with E-state index in [4.69, 9.17) is 4.74 Å². The van der Waals surface area contributed by atoms with Crippen molar-refractivity contribution in [2.75, 3.05) is 32.1 Å². The molecule has 0 saturated carbocycles. The van der Waals surface area contributed by atoms with Gasteiger partial charge < -0.3 is 10.1 Å². The van der Waals surface area contributed by atoms with Crippen LogP contribution in [0.2, 0.25) is 0 Å². The summed E-state index contributed by atoms with van der Waals surface area (Å²) >= 11 is 0. The molecular weight excluding hydrogens is 470 g/mol. The lowest BCUT2D eigenvalue weighted by Crippen LogP contribution is -2.35. The number of imide groups is 1. The lowest BCUT2D eigenvalue weighted by atomic mass is 10.1. The highest BCUT2D eigenvalue weighted by Crippen LogP contribution is 2.31. The van der Waals surface area contributed by atoms with E-state index in [1.165, 1.54) is 46.6 Å². The molecule has 0 radical (unpaired) electrons. The van der Waals surface area contributed by atoms with Gasteiger partial charge in [-0.05, 0) is 55.7 Å². The van der Waals surface area contributed by atoms with Crippen molar-refractivity contribution in [1.82, 2.24) is 9.21 Å². The highest BCUT2D eigenvalue weighted by molar-refractivity contribution is 7.89. The van der Waals surface area contributed by atoms with Crippen LogP contribution in [0, 0.1) is 0 Å². The predicted octanol–water partition coefficient (Wildman–Crippen LogP) is 3.52. The summed E-state index contributed by atoms with van der Waals surface area (Å²) in [6.45, 7) is 3.20. The number of hydrogen-bond acceptors (Lipinski definition) is 6. The number of nitrogens with one attached hydrogen (secondary N) is 1. The van der Waals surface area contributed by atoms with Gasteiger partial charge in [0, 0.05) is 30.9 Å². The van der Waals surface area contributed by atoms with Gasteiger partial charge in [-0.1, -0.05) is 19.8 Å². The van der Waals surface area contributed by atoms with E-state index < -0.39 is 21.8 Å². The first-order valence-electron chi connectivity index (χ1n) is 11.8. The molecule has 10 heteroatoms. The smallest absolute Gasteiger partial charge is 0.261 e. The van der Waals surface area contributed by atoms with Gasteiger partial charge >= 0.3 is 0 Å². The Balaban J connectivity index is 1.58. The number of nitrogens with zero attached hydrogens (tertiary/aromatic N) is 2. The summed E-state index contributed by atoms with van der Waals surface area (Å²) in [5.74, 6) is -1.09. The average Bonchev–Trinajstić information content (AvgIpc) is 3.11. The second kappa shape index (κ2) is 10.2. The third-order valence-electron chi connectivity index (χ3n) is 6.32. The van der Waals surface area contributed by atoms with Crippen LogP contribution in [-0.2, 0) is 10.0 Å². The standard InChI is InChI=1S/C25H29N3O6S/c1-3-4-14-28-24(30)19-10-8-17(15-20(19)25(28)31)23(29)26-18-9-11-21(34-2)22(16-18)35(32,33)27-12-6-5-7-13-27/h8-11,15-16H,3-7,12-14H2,1-2H3,(H,26,29). The van der Waals surface area contributed by atoms with Crippen molar-refractivity contribution in [2.24, 2.45) is 0 Å². The lowest BCUT2D eigenvalue weighted by molar-refractivity contribution is 0.0652. The Morgan fingerprint density at radius 1 is 1.00 bits per heavy atom. The van der Waals surface area contributed by atoms with Crippen LogP contribution < -0.4 is 10.1 Å². The molecule has 0 unspecified atom stereocenters. The molecule has 0 aromatic heterocycles. The van der Waals surface area contributed by atoms with Crippen molar-refractivity contribution in [2.45, 2.75) is 43.9 Å². The van der Waals surface area contributed by atoms with Crippen molar-refractivity contribution in [1.29, 1.82) is 0 Å². The minimum Gasteiger partial charge on any atom is -0.495 e. The zero-order chi connectivity index (χ0) is 25.2. The third-order valence-corrected chi connectivity index (χ3v) is 8.24. The summed E-state index contributed by atoms with van der Waals surface area (Å²) in [4.78, 5) is 39.4. The van der Waals surface area contributed by atoms with Crippen LogP contribution in [0.25, 0.3) is 0 Å². The Kier molecular flexibility index (Phi) is 7.23. The fraction of sp³-hybridized carbons (Fsp3) is 0.400. The molecule has 0 aliphatic carbocycles. The maximum Gasteiger partial charge on any atom is 0.261 e. The van der Waals surface area contributed by atoms with Crippen molar-refractivity contribution >= 4 is 33.4 Å². The van der Waals surface area contributed by atoms with Crippen LogP contribution in [0.4, 0.5) is 5.69 Å². The Morgan fingerprint density at radius 3 is 2.40 bits per heavy atom. The van der Waals surface area contributed by atoms with Gasteiger partial charge in [0.25, 0.3) is 17.7 Å². The van der Waals surface area contributed by atoms with Gasteiger partial charge in [0.15, 0.2) is 0 Å². The number of benzene rings is 2. The van der Waals surface area contributed by atoms with E-state index in [9.17, 15) is 22.8 Å². The fourth-order valence-corrected chi connectivity index (χ4v) is 6.05. The zero-order valence-electron chi connectivity index (χ0n) is 19.9. The van der Waals surface area contributed by atoms with E-state index in [2.05, 4.69) is 5.32 Å². The zero-order valence-corrected chi connectivity index (χ0v) is 20.7. The highest BCUT2D eigenvalue weighted by atomic mass is 32.2. The van der Waals surface area contributed by atoms with Crippen molar-refractivity contribution in [3.05, 3.63) is 53.1 Å². The Labute approximate surface area is 205 Å². The number of methoxy groups -OCH3 is 1. The largest absolute Gasteiger partial charge is 0.495 e. The minimum atomic E-state index is -3.79. The van der Waals surface area contributed by atoms with Crippen LogP contribution >= 0.6 is 0 Å². The number of ether oxygens (including phenoxy) is 1. The summed E-state index contributed by atoms with van der Waals surface area (Å²) in [6.07, 6.45) is 4.14. The molecular formula is C25H29N3O6S. The molecule has 35 heavy (non-hydrogen) atoms. The molecule has 1 fully saturated rings. The Bertz CT molecular complexity index is 1270. The third kappa shape index (κ3) is 4.81. The monoisotopic (exact) mass is 499 g/mol. The fourth-order valence-electron chi connectivity index (χ4n) is 4.35. The molecule has 9 nitrogen and oxygen atoms in total. The molecule has 1 N–H and O–H groups in total. The summed E-state index contributed by atoms with van der Waals surface area (Å²) in [5.41, 5.74) is 0.946. The molecule has 0 atom stereocenters. The lowest BCUT2D eigenvalue weighted by Gasteiger charge is -2.26. The summed E-state index contributed by atoms with van der Waals surface area (Å²) < 4.78 is 33.2. The van der Waals surface area contributed by atoms with Crippen molar-refractivity contribution in [3.63, 3.8) is 0 Å².